The highest BCUT2D eigenvalue weighted by Gasteiger charge is 2.27. The summed E-state index contributed by atoms with van der Waals surface area (Å²) < 4.78 is 3.24. The summed E-state index contributed by atoms with van der Waals surface area (Å²) in [5.41, 5.74) is 2.23. The lowest BCUT2D eigenvalue weighted by molar-refractivity contribution is 0.0697. The number of hydrogen-bond acceptors (Lipinski definition) is 5. The molecular formula is C18H19N5O3. The zero-order valence-electron chi connectivity index (χ0n) is 14.6. The van der Waals surface area contributed by atoms with E-state index in [0.717, 1.165) is 5.69 Å². The fourth-order valence-electron chi connectivity index (χ4n) is 3.23. The molecule has 1 atom stereocenters. The molecule has 1 amide bonds. The molecule has 0 saturated carbocycles. The van der Waals surface area contributed by atoms with Gasteiger partial charge in [0.25, 0.3) is 11.5 Å². The summed E-state index contributed by atoms with van der Waals surface area (Å²) in [6, 6.07) is 9.03. The van der Waals surface area contributed by atoms with Gasteiger partial charge in [-0.15, -0.1) is 0 Å². The Hall–Kier alpha value is -3.00. The maximum Gasteiger partial charge on any atom is 0.282 e. The molecule has 4 rings (SSSR count). The smallest absolute Gasteiger partial charge is 0.282 e. The largest absolute Gasteiger partial charge is 0.387 e. The number of para-hydroxylation sites is 2. The molecule has 1 N–H and O–H groups in total. The fourth-order valence-corrected chi connectivity index (χ4v) is 3.23. The highest BCUT2D eigenvalue weighted by molar-refractivity contribution is 5.93. The van der Waals surface area contributed by atoms with Crippen molar-refractivity contribution in [2.45, 2.75) is 26.1 Å². The molecule has 2 aromatic heterocycles. The van der Waals surface area contributed by atoms with Gasteiger partial charge < -0.3 is 14.6 Å². The Kier molecular flexibility index (Phi) is 3.84. The molecule has 0 bridgehead atoms. The molecule has 1 aliphatic rings. The first-order chi connectivity index (χ1) is 12.5. The summed E-state index contributed by atoms with van der Waals surface area (Å²) in [5, 5.41) is 14.0. The van der Waals surface area contributed by atoms with Gasteiger partial charge in [-0.2, -0.15) is 5.10 Å². The van der Waals surface area contributed by atoms with Crippen molar-refractivity contribution in [2.24, 2.45) is 7.05 Å². The predicted molar refractivity (Wildman–Crippen MR) is 94.6 cm³/mol. The number of fused-ring (bicyclic) bond motifs is 2. The van der Waals surface area contributed by atoms with Crippen LogP contribution in [0.25, 0.3) is 11.0 Å². The van der Waals surface area contributed by atoms with Crippen LogP contribution in [0, 0.1) is 0 Å². The second kappa shape index (κ2) is 6.06. The second-order valence-electron chi connectivity index (χ2n) is 6.50. The summed E-state index contributed by atoms with van der Waals surface area (Å²) in [5.74, 6) is -0.387. The summed E-state index contributed by atoms with van der Waals surface area (Å²) in [6.45, 7) is 2.93. The lowest BCUT2D eigenvalue weighted by Gasteiger charge is -2.27. The van der Waals surface area contributed by atoms with Gasteiger partial charge in [-0.05, 0) is 25.1 Å². The maximum absolute atomic E-state index is 12.9. The van der Waals surface area contributed by atoms with Crippen molar-refractivity contribution < 1.29 is 9.90 Å². The van der Waals surface area contributed by atoms with Gasteiger partial charge in [0, 0.05) is 13.6 Å². The van der Waals surface area contributed by atoms with Gasteiger partial charge in [0.15, 0.2) is 5.69 Å². The Bertz CT molecular complexity index is 1070. The van der Waals surface area contributed by atoms with Crippen molar-refractivity contribution in [1.82, 2.24) is 24.2 Å². The van der Waals surface area contributed by atoms with Gasteiger partial charge in [-0.3, -0.25) is 14.3 Å². The van der Waals surface area contributed by atoms with E-state index in [1.165, 1.54) is 4.57 Å². The molecule has 0 aliphatic carbocycles. The molecule has 0 spiro atoms. The first-order valence-corrected chi connectivity index (χ1v) is 8.45. The van der Waals surface area contributed by atoms with Crippen molar-refractivity contribution in [1.29, 1.82) is 0 Å². The maximum atomic E-state index is 12.9. The first-order valence-electron chi connectivity index (χ1n) is 8.45. The third-order valence-corrected chi connectivity index (χ3v) is 4.72. The second-order valence-corrected chi connectivity index (χ2v) is 6.50. The normalized spacial score (nSPS) is 15.1. The van der Waals surface area contributed by atoms with E-state index in [1.54, 1.807) is 41.8 Å². The number of hydrogen-bond donors (Lipinski definition) is 1. The third kappa shape index (κ3) is 2.59. The molecule has 3 heterocycles. The number of aromatic nitrogens is 4. The molecule has 134 valence electrons. The molecule has 26 heavy (non-hydrogen) atoms. The molecular weight excluding hydrogens is 334 g/mol. The van der Waals surface area contributed by atoms with Crippen LogP contribution in [0.5, 0.6) is 0 Å². The van der Waals surface area contributed by atoms with Crippen LogP contribution >= 0.6 is 0 Å². The molecule has 3 aromatic rings. The van der Waals surface area contributed by atoms with Crippen LogP contribution in [-0.4, -0.2) is 41.8 Å². The first kappa shape index (κ1) is 16.5. The topological polar surface area (TPSA) is 93.2 Å². The zero-order valence-corrected chi connectivity index (χ0v) is 14.6. The number of carbonyl (C=O) groups is 1. The van der Waals surface area contributed by atoms with Crippen LogP contribution in [-0.2, 0) is 20.1 Å². The molecule has 0 saturated heterocycles. The van der Waals surface area contributed by atoms with Crippen molar-refractivity contribution >= 4 is 16.9 Å². The number of aliphatic hydroxyl groups is 1. The van der Waals surface area contributed by atoms with Crippen molar-refractivity contribution in [3.63, 3.8) is 0 Å². The van der Waals surface area contributed by atoms with Crippen LogP contribution in [0.1, 0.15) is 34.9 Å². The quantitative estimate of drug-likeness (QED) is 0.737. The minimum atomic E-state index is -0.660. The minimum Gasteiger partial charge on any atom is -0.387 e. The van der Waals surface area contributed by atoms with Crippen LogP contribution < -0.4 is 5.56 Å². The van der Waals surface area contributed by atoms with Crippen LogP contribution in [0.4, 0.5) is 0 Å². The van der Waals surface area contributed by atoms with Crippen molar-refractivity contribution in [3.05, 3.63) is 57.8 Å². The predicted octanol–water partition coefficient (Wildman–Crippen LogP) is 0.839. The van der Waals surface area contributed by atoms with Gasteiger partial charge in [0.2, 0.25) is 0 Å². The van der Waals surface area contributed by atoms with Crippen LogP contribution in [0.3, 0.4) is 0 Å². The number of benzene rings is 1. The molecule has 1 aliphatic heterocycles. The van der Waals surface area contributed by atoms with E-state index in [4.69, 9.17) is 0 Å². The molecule has 8 nitrogen and oxygen atoms in total. The Morgan fingerprint density at radius 2 is 2.04 bits per heavy atom. The molecule has 1 aromatic carbocycles. The van der Waals surface area contributed by atoms with E-state index in [0.29, 0.717) is 36.4 Å². The van der Waals surface area contributed by atoms with Crippen LogP contribution in [0.2, 0.25) is 0 Å². The van der Waals surface area contributed by atoms with Gasteiger partial charge in [0.05, 0.1) is 41.6 Å². The lowest BCUT2D eigenvalue weighted by Crippen LogP contribution is -2.41. The average Bonchev–Trinajstić information content (AvgIpc) is 3.08. The van der Waals surface area contributed by atoms with Crippen molar-refractivity contribution in [2.75, 3.05) is 6.54 Å². The molecule has 8 heteroatoms. The highest BCUT2D eigenvalue weighted by atomic mass is 16.3. The number of aliphatic hydroxyl groups excluding tert-OH is 1. The van der Waals surface area contributed by atoms with Gasteiger partial charge in [-0.1, -0.05) is 12.1 Å². The molecule has 0 unspecified atom stereocenters. The summed E-state index contributed by atoms with van der Waals surface area (Å²) in [7, 11) is 1.64. The number of carbonyl (C=O) groups excluding carboxylic acids is 1. The van der Waals surface area contributed by atoms with E-state index in [9.17, 15) is 14.7 Å². The number of amides is 1. The highest BCUT2D eigenvalue weighted by Crippen LogP contribution is 2.19. The van der Waals surface area contributed by atoms with E-state index in [1.807, 2.05) is 12.1 Å². The Labute approximate surface area is 149 Å². The number of rotatable bonds is 2. The van der Waals surface area contributed by atoms with Crippen molar-refractivity contribution in [3.8, 4) is 0 Å². The minimum absolute atomic E-state index is 0.0742. The van der Waals surface area contributed by atoms with Crippen LogP contribution in [0.15, 0.2) is 35.1 Å². The Balaban J connectivity index is 1.69. The zero-order chi connectivity index (χ0) is 18.4. The monoisotopic (exact) mass is 353 g/mol. The number of nitrogens with zero attached hydrogens (tertiary/aromatic N) is 5. The van der Waals surface area contributed by atoms with Gasteiger partial charge in [-0.25, -0.2) is 4.98 Å². The summed E-state index contributed by atoms with van der Waals surface area (Å²) in [4.78, 5) is 31.5. The van der Waals surface area contributed by atoms with Gasteiger partial charge >= 0.3 is 0 Å². The SMILES string of the molecule is C[C@@H](O)c1cc2n(n1)CCN(C(=O)c1nc3ccccc3n(C)c1=O)C2. The summed E-state index contributed by atoms with van der Waals surface area (Å²) in [6.07, 6.45) is -0.660. The summed E-state index contributed by atoms with van der Waals surface area (Å²) >= 11 is 0. The standard InChI is InChI=1S/C18H19N5O3/c1-11(24)14-9-12-10-22(7-8-23(12)20-14)18(26)16-17(25)21(2)15-6-4-3-5-13(15)19-16/h3-6,9,11,24H,7-8,10H2,1-2H3/t11-/m1/s1. The van der Waals surface area contributed by atoms with E-state index >= 15 is 0 Å². The van der Waals surface area contributed by atoms with Gasteiger partial charge in [0.1, 0.15) is 0 Å². The third-order valence-electron chi connectivity index (χ3n) is 4.72. The molecule has 0 radical (unpaired) electrons. The Morgan fingerprint density at radius 1 is 1.27 bits per heavy atom. The number of aryl methyl sites for hydroxylation is 1. The fraction of sp³-hybridized carbons (Fsp3) is 0.333. The van der Waals surface area contributed by atoms with E-state index < -0.39 is 11.7 Å². The lowest BCUT2D eigenvalue weighted by atomic mass is 10.2. The van der Waals surface area contributed by atoms with E-state index in [2.05, 4.69) is 10.1 Å². The molecule has 0 fully saturated rings. The average molecular weight is 353 g/mol. The van der Waals surface area contributed by atoms with E-state index in [-0.39, 0.29) is 11.6 Å². The Morgan fingerprint density at radius 3 is 2.81 bits per heavy atom.